The van der Waals surface area contributed by atoms with Crippen LogP contribution in [0.25, 0.3) is 0 Å². The second-order valence-corrected chi connectivity index (χ2v) is 8.24. The summed E-state index contributed by atoms with van der Waals surface area (Å²) in [5.74, 6) is 0. The van der Waals surface area contributed by atoms with Gasteiger partial charge in [0, 0.05) is 24.0 Å². The monoisotopic (exact) mass is 305 g/mol. The van der Waals surface area contributed by atoms with Crippen LogP contribution in [-0.2, 0) is 6.42 Å². The van der Waals surface area contributed by atoms with Crippen molar-refractivity contribution in [3.05, 3.63) is 10.6 Å². The molecule has 1 aliphatic heterocycles. The highest BCUT2D eigenvalue weighted by molar-refractivity contribution is 7.15. The van der Waals surface area contributed by atoms with Crippen molar-refractivity contribution < 1.29 is 0 Å². The molecule has 0 radical (unpaired) electrons. The molecule has 1 saturated carbocycles. The maximum absolute atomic E-state index is 4.99. The molecule has 2 aliphatic carbocycles. The quantitative estimate of drug-likeness (QED) is 0.898. The number of rotatable bonds is 2. The van der Waals surface area contributed by atoms with Gasteiger partial charge in [-0.2, -0.15) is 0 Å². The molecule has 1 spiro atoms. The molecule has 1 aromatic rings. The molecule has 1 saturated heterocycles. The Morgan fingerprint density at radius 2 is 1.90 bits per heavy atom. The number of nitrogens with zero attached hydrogens (tertiary/aromatic N) is 2. The summed E-state index contributed by atoms with van der Waals surface area (Å²) in [5.41, 5.74) is 2.09. The zero-order chi connectivity index (χ0) is 14.3. The number of piperidine rings is 1. The topological polar surface area (TPSA) is 28.2 Å². The van der Waals surface area contributed by atoms with Crippen molar-refractivity contribution in [1.82, 2.24) is 10.3 Å². The molecule has 1 N–H and O–H groups in total. The molecule has 3 nitrogen and oxygen atoms in total. The summed E-state index contributed by atoms with van der Waals surface area (Å²) in [7, 11) is 2.09. The Bertz CT molecular complexity index is 494. The zero-order valence-corrected chi connectivity index (χ0v) is 14.0. The van der Waals surface area contributed by atoms with Crippen LogP contribution in [0, 0.1) is 5.41 Å². The molecule has 4 heteroatoms. The van der Waals surface area contributed by atoms with E-state index < -0.39 is 0 Å². The van der Waals surface area contributed by atoms with E-state index in [2.05, 4.69) is 17.3 Å². The van der Waals surface area contributed by atoms with E-state index >= 15 is 0 Å². The molecule has 21 heavy (non-hydrogen) atoms. The number of hydrogen-bond acceptors (Lipinski definition) is 4. The standard InChI is InChI=1S/C17H27N3S/c1-18-13-5-4-6-14-15(13)21-16(19-14)20-11-9-17(10-12-20)7-2-3-8-17/h13,18H,2-12H2,1H3. The van der Waals surface area contributed by atoms with Crippen LogP contribution in [0.2, 0.25) is 0 Å². The van der Waals surface area contributed by atoms with Crippen molar-refractivity contribution in [3.63, 3.8) is 0 Å². The average Bonchev–Trinajstić information content (AvgIpc) is 3.15. The van der Waals surface area contributed by atoms with Gasteiger partial charge in [-0.05, 0) is 57.4 Å². The number of nitrogens with one attached hydrogen (secondary N) is 1. The molecule has 0 bridgehead atoms. The van der Waals surface area contributed by atoms with Crippen LogP contribution < -0.4 is 10.2 Å². The van der Waals surface area contributed by atoms with E-state index in [-0.39, 0.29) is 0 Å². The summed E-state index contributed by atoms with van der Waals surface area (Å²) in [4.78, 5) is 9.07. The Kier molecular flexibility index (Phi) is 3.70. The Hall–Kier alpha value is -0.610. The van der Waals surface area contributed by atoms with Crippen LogP contribution in [0.3, 0.4) is 0 Å². The van der Waals surface area contributed by atoms with E-state index in [1.807, 2.05) is 11.3 Å². The minimum atomic E-state index is 0.547. The molecule has 2 fully saturated rings. The lowest BCUT2D eigenvalue weighted by Gasteiger charge is -2.39. The number of hydrogen-bond donors (Lipinski definition) is 1. The molecule has 1 atom stereocenters. The van der Waals surface area contributed by atoms with Crippen molar-refractivity contribution in [2.45, 2.75) is 63.8 Å². The molecule has 4 rings (SSSR count). The lowest BCUT2D eigenvalue weighted by atomic mass is 9.77. The fourth-order valence-corrected chi connectivity index (χ4v) is 5.92. The van der Waals surface area contributed by atoms with Gasteiger partial charge < -0.3 is 10.2 Å². The van der Waals surface area contributed by atoms with Gasteiger partial charge in [0.25, 0.3) is 0 Å². The number of thiazole rings is 1. The summed E-state index contributed by atoms with van der Waals surface area (Å²) in [5, 5.41) is 4.77. The van der Waals surface area contributed by atoms with Gasteiger partial charge >= 0.3 is 0 Å². The third-order valence-corrected chi connectivity index (χ3v) is 7.32. The number of aromatic nitrogens is 1. The summed E-state index contributed by atoms with van der Waals surface area (Å²) >= 11 is 1.96. The van der Waals surface area contributed by atoms with Gasteiger partial charge in [0.1, 0.15) is 0 Å². The lowest BCUT2D eigenvalue weighted by molar-refractivity contribution is 0.226. The third kappa shape index (κ3) is 2.50. The first-order valence-corrected chi connectivity index (χ1v) is 9.53. The highest BCUT2D eigenvalue weighted by Crippen LogP contribution is 2.47. The second-order valence-electron chi connectivity index (χ2n) is 7.24. The first-order chi connectivity index (χ1) is 10.3. The highest BCUT2D eigenvalue weighted by Gasteiger charge is 2.37. The molecule has 1 unspecified atom stereocenters. The van der Waals surface area contributed by atoms with Crippen LogP contribution in [0.5, 0.6) is 0 Å². The summed E-state index contributed by atoms with van der Waals surface area (Å²) in [6.45, 7) is 2.47. The van der Waals surface area contributed by atoms with E-state index in [4.69, 9.17) is 4.98 Å². The van der Waals surface area contributed by atoms with E-state index in [1.165, 1.54) is 86.6 Å². The molecule has 1 aromatic heterocycles. The SMILES string of the molecule is CNC1CCCc2nc(N3CCC4(CCCC4)CC3)sc21. The molecular formula is C17H27N3S. The van der Waals surface area contributed by atoms with Crippen molar-refractivity contribution in [3.8, 4) is 0 Å². The summed E-state index contributed by atoms with van der Waals surface area (Å²) in [6.07, 6.45) is 12.4. The van der Waals surface area contributed by atoms with Gasteiger partial charge in [-0.25, -0.2) is 4.98 Å². The first kappa shape index (κ1) is 14.0. The minimum absolute atomic E-state index is 0.547. The zero-order valence-electron chi connectivity index (χ0n) is 13.2. The third-order valence-electron chi connectivity index (χ3n) is 6.05. The van der Waals surface area contributed by atoms with Gasteiger partial charge in [0.05, 0.1) is 5.69 Å². The van der Waals surface area contributed by atoms with Crippen molar-refractivity contribution >= 4 is 16.5 Å². The Morgan fingerprint density at radius 3 is 2.62 bits per heavy atom. The van der Waals surface area contributed by atoms with Gasteiger partial charge in [-0.3, -0.25) is 0 Å². The predicted octanol–water partition coefficient (Wildman–Crippen LogP) is 3.90. The Balaban J connectivity index is 1.49. The van der Waals surface area contributed by atoms with E-state index in [0.717, 1.165) is 0 Å². The normalized spacial score (nSPS) is 28.0. The van der Waals surface area contributed by atoms with Gasteiger partial charge in [0.2, 0.25) is 0 Å². The van der Waals surface area contributed by atoms with E-state index in [0.29, 0.717) is 11.5 Å². The lowest BCUT2D eigenvalue weighted by Crippen LogP contribution is -2.38. The predicted molar refractivity (Wildman–Crippen MR) is 89.2 cm³/mol. The Labute approximate surface area is 132 Å². The van der Waals surface area contributed by atoms with Crippen LogP contribution in [-0.4, -0.2) is 25.1 Å². The largest absolute Gasteiger partial charge is 0.348 e. The van der Waals surface area contributed by atoms with Crippen molar-refractivity contribution in [2.24, 2.45) is 5.41 Å². The fraction of sp³-hybridized carbons (Fsp3) is 0.824. The van der Waals surface area contributed by atoms with Crippen molar-refractivity contribution in [2.75, 3.05) is 25.0 Å². The summed E-state index contributed by atoms with van der Waals surface area (Å²) in [6, 6.07) is 0.547. The maximum atomic E-state index is 4.99. The molecule has 116 valence electrons. The number of anilines is 1. The second kappa shape index (κ2) is 5.54. The molecule has 0 amide bonds. The molecular weight excluding hydrogens is 278 g/mol. The van der Waals surface area contributed by atoms with Crippen molar-refractivity contribution in [1.29, 1.82) is 0 Å². The van der Waals surface area contributed by atoms with Crippen LogP contribution in [0.1, 0.15) is 68.0 Å². The smallest absolute Gasteiger partial charge is 0.185 e. The molecule has 2 heterocycles. The molecule has 0 aromatic carbocycles. The van der Waals surface area contributed by atoms with E-state index in [1.54, 1.807) is 0 Å². The first-order valence-electron chi connectivity index (χ1n) is 8.71. The van der Waals surface area contributed by atoms with Crippen LogP contribution in [0.4, 0.5) is 5.13 Å². The van der Waals surface area contributed by atoms with Crippen LogP contribution >= 0.6 is 11.3 Å². The highest BCUT2D eigenvalue weighted by atomic mass is 32.1. The maximum Gasteiger partial charge on any atom is 0.185 e. The van der Waals surface area contributed by atoms with Gasteiger partial charge in [-0.15, -0.1) is 0 Å². The Morgan fingerprint density at radius 1 is 1.14 bits per heavy atom. The number of aryl methyl sites for hydroxylation is 1. The number of fused-ring (bicyclic) bond motifs is 1. The molecule has 3 aliphatic rings. The van der Waals surface area contributed by atoms with E-state index in [9.17, 15) is 0 Å². The summed E-state index contributed by atoms with van der Waals surface area (Å²) < 4.78 is 0. The minimum Gasteiger partial charge on any atom is -0.348 e. The van der Waals surface area contributed by atoms with Gasteiger partial charge in [-0.1, -0.05) is 24.2 Å². The average molecular weight is 305 g/mol. The fourth-order valence-electron chi connectivity index (χ4n) is 4.61. The van der Waals surface area contributed by atoms with Crippen LogP contribution in [0.15, 0.2) is 0 Å². The van der Waals surface area contributed by atoms with Gasteiger partial charge in [0.15, 0.2) is 5.13 Å².